The molecule has 5 atom stereocenters. The van der Waals surface area contributed by atoms with Gasteiger partial charge in [-0.3, -0.25) is 0 Å². The van der Waals surface area contributed by atoms with E-state index in [0.717, 1.165) is 0 Å². The van der Waals surface area contributed by atoms with Crippen LogP contribution in [0.5, 0.6) is 0 Å². The number of amides is 1. The van der Waals surface area contributed by atoms with Gasteiger partial charge in [0.1, 0.15) is 18.4 Å². The van der Waals surface area contributed by atoms with E-state index in [4.69, 9.17) is 14.2 Å². The molecule has 1 aliphatic heterocycles. The summed E-state index contributed by atoms with van der Waals surface area (Å²) in [6.45, 7) is 0. The van der Waals surface area contributed by atoms with Crippen molar-refractivity contribution in [2.45, 2.75) is 30.8 Å². The molecule has 0 bridgehead atoms. The summed E-state index contributed by atoms with van der Waals surface area (Å²) < 4.78 is 16.5. The molecule has 30 heavy (non-hydrogen) atoms. The number of alkyl carbamates (subject to hydrolysis) is 1. The first-order chi connectivity index (χ1) is 14.6. The maximum Gasteiger partial charge on any atom is 0.407 e. The monoisotopic (exact) mass is 409 g/mol. The number of nitrogens with one attached hydrogen (secondary N) is 1. The van der Waals surface area contributed by atoms with Crippen LogP contribution in [0.1, 0.15) is 27.1 Å². The van der Waals surface area contributed by atoms with Crippen LogP contribution < -0.4 is 5.32 Å². The van der Waals surface area contributed by atoms with Gasteiger partial charge < -0.3 is 24.3 Å². The van der Waals surface area contributed by atoms with Gasteiger partial charge in [-0.2, -0.15) is 0 Å². The number of carbonyl (C=O) groups is 4. The fourth-order valence-corrected chi connectivity index (χ4v) is 3.77. The fourth-order valence-electron chi connectivity index (χ4n) is 3.77. The first-order valence-corrected chi connectivity index (χ1v) is 9.51. The van der Waals surface area contributed by atoms with E-state index >= 15 is 0 Å². The molecule has 0 radical (unpaired) electrons. The van der Waals surface area contributed by atoms with Crippen molar-refractivity contribution >= 4 is 24.3 Å². The topological polar surface area (TPSA) is 108 Å². The molecular weight excluding hydrogens is 390 g/mol. The number of aldehydes is 1. The lowest BCUT2D eigenvalue weighted by Gasteiger charge is -2.39. The van der Waals surface area contributed by atoms with Crippen molar-refractivity contribution in [3.05, 3.63) is 71.8 Å². The second kappa shape index (κ2) is 8.36. The lowest BCUT2D eigenvalue weighted by atomic mass is 9.80. The molecule has 1 saturated carbocycles. The van der Waals surface area contributed by atoms with Gasteiger partial charge in [0.2, 0.25) is 0 Å². The molecule has 2 aliphatic rings. The number of hydrogen-bond acceptors (Lipinski definition) is 7. The van der Waals surface area contributed by atoms with Crippen molar-refractivity contribution in [3.8, 4) is 0 Å². The number of benzene rings is 2. The fraction of sp³-hybridized carbons (Fsp3) is 0.273. The van der Waals surface area contributed by atoms with Gasteiger partial charge in [-0.15, -0.1) is 0 Å². The zero-order valence-corrected chi connectivity index (χ0v) is 15.8. The van der Waals surface area contributed by atoms with E-state index in [0.29, 0.717) is 17.4 Å². The Balaban J connectivity index is 1.62. The number of rotatable bonds is 5. The molecular formula is C22H19NO7. The van der Waals surface area contributed by atoms with Crippen LogP contribution in [0, 0.1) is 5.92 Å². The average Bonchev–Trinajstić information content (AvgIpc) is 3.16. The normalized spacial score (nSPS) is 27.2. The molecule has 154 valence electrons. The quantitative estimate of drug-likeness (QED) is 0.458. The van der Waals surface area contributed by atoms with Crippen LogP contribution in [0.15, 0.2) is 60.7 Å². The summed E-state index contributed by atoms with van der Waals surface area (Å²) in [6.07, 6.45) is -2.73. The molecule has 0 aromatic heterocycles. The van der Waals surface area contributed by atoms with Crippen LogP contribution >= 0.6 is 0 Å². The van der Waals surface area contributed by atoms with Crippen molar-refractivity contribution in [2.75, 3.05) is 0 Å². The van der Waals surface area contributed by atoms with Gasteiger partial charge in [-0.25, -0.2) is 14.4 Å². The largest absolute Gasteiger partial charge is 0.454 e. The Kier molecular flexibility index (Phi) is 5.47. The SMILES string of the molecule is O=C[C@H]1C[C@@H]2OC(=O)N[C@@H]2[C@@H](OC(=O)c2ccccc2)[C@@H]1OC(=O)c1ccccc1. The van der Waals surface area contributed by atoms with E-state index in [-0.39, 0.29) is 6.42 Å². The van der Waals surface area contributed by atoms with E-state index in [2.05, 4.69) is 5.32 Å². The summed E-state index contributed by atoms with van der Waals surface area (Å²) in [4.78, 5) is 48.9. The summed E-state index contributed by atoms with van der Waals surface area (Å²) >= 11 is 0. The van der Waals surface area contributed by atoms with Gasteiger partial charge >= 0.3 is 18.0 Å². The molecule has 8 nitrogen and oxygen atoms in total. The highest BCUT2D eigenvalue weighted by Crippen LogP contribution is 2.34. The van der Waals surface area contributed by atoms with Crippen LogP contribution in [-0.2, 0) is 19.0 Å². The van der Waals surface area contributed by atoms with Gasteiger partial charge in [0.15, 0.2) is 12.2 Å². The van der Waals surface area contributed by atoms with Crippen molar-refractivity contribution in [1.29, 1.82) is 0 Å². The van der Waals surface area contributed by atoms with Crippen molar-refractivity contribution in [2.24, 2.45) is 5.92 Å². The average molecular weight is 409 g/mol. The minimum Gasteiger partial charge on any atom is -0.454 e. The molecule has 1 amide bonds. The van der Waals surface area contributed by atoms with E-state index in [1.54, 1.807) is 60.7 Å². The maximum absolute atomic E-state index is 12.7. The van der Waals surface area contributed by atoms with Gasteiger partial charge in [-0.1, -0.05) is 36.4 Å². The highest BCUT2D eigenvalue weighted by atomic mass is 16.6. The lowest BCUT2D eigenvalue weighted by Crippen LogP contribution is -2.59. The van der Waals surface area contributed by atoms with Crippen molar-refractivity contribution < 1.29 is 33.4 Å². The summed E-state index contributed by atoms with van der Waals surface area (Å²) in [6, 6.07) is 15.8. The number of carbonyl (C=O) groups excluding carboxylic acids is 4. The predicted molar refractivity (Wildman–Crippen MR) is 103 cm³/mol. The summed E-state index contributed by atoms with van der Waals surface area (Å²) in [5, 5.41) is 2.60. The molecule has 0 unspecified atom stereocenters. The standard InChI is InChI=1S/C22H19NO7/c24-12-15-11-16-17(23-22(27)28-16)19(30-21(26)14-9-5-2-6-10-14)18(15)29-20(25)13-7-3-1-4-8-13/h1-10,12,15-19H,11H2,(H,23,27)/t15-,16+,17+,18-,19-/m1/s1. The minimum atomic E-state index is -1.09. The third kappa shape index (κ3) is 3.89. The predicted octanol–water partition coefficient (Wildman–Crippen LogP) is 2.13. The van der Waals surface area contributed by atoms with Crippen LogP contribution in [0.25, 0.3) is 0 Å². The van der Waals surface area contributed by atoms with Gasteiger partial charge in [0, 0.05) is 0 Å². The number of fused-ring (bicyclic) bond motifs is 1. The minimum absolute atomic E-state index is 0.152. The molecule has 4 rings (SSSR count). The van der Waals surface area contributed by atoms with Crippen LogP contribution in [0.3, 0.4) is 0 Å². The molecule has 8 heteroatoms. The number of esters is 2. The van der Waals surface area contributed by atoms with Crippen LogP contribution in [0.4, 0.5) is 4.79 Å². The summed E-state index contributed by atoms with van der Waals surface area (Å²) in [5.41, 5.74) is 0.588. The van der Waals surface area contributed by atoms with Crippen molar-refractivity contribution in [1.82, 2.24) is 5.32 Å². The van der Waals surface area contributed by atoms with Gasteiger partial charge in [0.05, 0.1) is 17.0 Å². The zero-order valence-electron chi connectivity index (χ0n) is 15.8. The smallest absolute Gasteiger partial charge is 0.407 e. The molecule has 0 spiro atoms. The Hall–Kier alpha value is -3.68. The second-order valence-electron chi connectivity index (χ2n) is 7.12. The van der Waals surface area contributed by atoms with E-state index in [1.165, 1.54) is 0 Å². The summed E-state index contributed by atoms with van der Waals surface area (Å²) in [7, 11) is 0. The Bertz CT molecular complexity index is 946. The first kappa shape index (κ1) is 19.6. The van der Waals surface area contributed by atoms with Gasteiger partial charge in [0.25, 0.3) is 0 Å². The van der Waals surface area contributed by atoms with E-state index in [1.807, 2.05) is 0 Å². The van der Waals surface area contributed by atoms with E-state index in [9.17, 15) is 19.2 Å². The van der Waals surface area contributed by atoms with E-state index < -0.39 is 48.3 Å². The molecule has 1 saturated heterocycles. The molecule has 2 fully saturated rings. The third-order valence-corrected chi connectivity index (χ3v) is 5.23. The molecule has 2 aromatic carbocycles. The Labute approximate surface area is 172 Å². The Morgan fingerprint density at radius 2 is 1.43 bits per heavy atom. The third-order valence-electron chi connectivity index (χ3n) is 5.23. The van der Waals surface area contributed by atoms with Gasteiger partial charge in [-0.05, 0) is 30.7 Å². The molecule has 1 N–H and O–H groups in total. The molecule has 1 aliphatic carbocycles. The number of ether oxygens (including phenoxy) is 3. The van der Waals surface area contributed by atoms with Crippen molar-refractivity contribution in [3.63, 3.8) is 0 Å². The first-order valence-electron chi connectivity index (χ1n) is 9.51. The highest BCUT2D eigenvalue weighted by Gasteiger charge is 2.54. The van der Waals surface area contributed by atoms with Crippen LogP contribution in [0.2, 0.25) is 0 Å². The zero-order chi connectivity index (χ0) is 21.1. The Morgan fingerprint density at radius 3 is 1.97 bits per heavy atom. The lowest BCUT2D eigenvalue weighted by molar-refractivity contribution is -0.130. The highest BCUT2D eigenvalue weighted by molar-refractivity contribution is 5.90. The van der Waals surface area contributed by atoms with Crippen LogP contribution in [-0.4, -0.2) is 48.7 Å². The number of hydrogen-bond donors (Lipinski definition) is 1. The molecule has 2 aromatic rings. The molecule has 1 heterocycles. The summed E-state index contributed by atoms with van der Waals surface area (Å²) in [5.74, 6) is -2.12. The maximum atomic E-state index is 12.7. The Morgan fingerprint density at radius 1 is 0.900 bits per heavy atom. The second-order valence-corrected chi connectivity index (χ2v) is 7.12.